The Morgan fingerprint density at radius 3 is 2.21 bits per heavy atom. The number of benzene rings is 3. The van der Waals surface area contributed by atoms with Crippen LogP contribution in [0.5, 0.6) is 5.75 Å². The number of halogens is 3. The minimum Gasteiger partial charge on any atom is -0.486 e. The first-order valence-electron chi connectivity index (χ1n) is 10.1. The lowest BCUT2D eigenvalue weighted by atomic mass is 10.0. The van der Waals surface area contributed by atoms with E-state index in [-0.39, 0.29) is 17.7 Å². The van der Waals surface area contributed by atoms with Gasteiger partial charge in [0.15, 0.2) is 5.78 Å². The van der Waals surface area contributed by atoms with Crippen molar-refractivity contribution < 1.29 is 32.6 Å². The van der Waals surface area contributed by atoms with E-state index in [0.29, 0.717) is 30.3 Å². The molecule has 8 heteroatoms. The van der Waals surface area contributed by atoms with Crippen LogP contribution in [0.1, 0.15) is 34.0 Å². The number of carbonyl (C=O) groups is 2. The first-order valence-corrected chi connectivity index (χ1v) is 10.1. The van der Waals surface area contributed by atoms with Crippen LogP contribution in [0.15, 0.2) is 66.7 Å². The topological polar surface area (TPSA) is 66.8 Å². The van der Waals surface area contributed by atoms with E-state index < -0.39 is 35.3 Å². The molecule has 0 amide bonds. The minimum absolute atomic E-state index is 0.130. The van der Waals surface area contributed by atoms with Gasteiger partial charge >= 0.3 is 5.97 Å². The molecule has 0 saturated carbocycles. The van der Waals surface area contributed by atoms with Crippen molar-refractivity contribution in [2.45, 2.75) is 12.5 Å². The van der Waals surface area contributed by atoms with Gasteiger partial charge in [-0.05, 0) is 49.0 Å². The highest BCUT2D eigenvalue weighted by molar-refractivity contribution is 6.09. The van der Waals surface area contributed by atoms with E-state index in [2.05, 4.69) is 0 Å². The molecule has 0 saturated heterocycles. The van der Waals surface area contributed by atoms with Crippen LogP contribution in [0, 0.1) is 17.5 Å². The normalized spacial score (nSPS) is 11.9. The van der Waals surface area contributed by atoms with Crippen molar-refractivity contribution in [1.29, 1.82) is 0 Å². The molecule has 0 bridgehead atoms. The van der Waals surface area contributed by atoms with Crippen molar-refractivity contribution >= 4 is 11.8 Å². The summed E-state index contributed by atoms with van der Waals surface area (Å²) in [7, 11) is 1.66. The number of hydrogen-bond acceptors (Lipinski definition) is 4. The Bertz CT molecular complexity index is 1110. The number of hydrogen-bond donors (Lipinski definition) is 1. The zero-order valence-electron chi connectivity index (χ0n) is 17.8. The Kier molecular flexibility index (Phi) is 7.84. The number of rotatable bonds is 10. The van der Waals surface area contributed by atoms with E-state index in [9.17, 15) is 22.8 Å². The summed E-state index contributed by atoms with van der Waals surface area (Å²) in [6.07, 6.45) is -0.165. The Hall–Kier alpha value is -3.65. The number of carboxylic acids is 1. The summed E-state index contributed by atoms with van der Waals surface area (Å²) in [5, 5.41) is 8.95. The molecule has 1 N–H and O–H groups in total. The van der Waals surface area contributed by atoms with Crippen molar-refractivity contribution in [2.24, 2.45) is 0 Å². The van der Waals surface area contributed by atoms with Crippen molar-refractivity contribution in [2.75, 3.05) is 20.1 Å². The largest absolute Gasteiger partial charge is 0.486 e. The van der Waals surface area contributed by atoms with Crippen LogP contribution in [0.4, 0.5) is 13.2 Å². The smallest absolute Gasteiger partial charge is 0.317 e. The number of carboxylic acid groups (broad SMARTS) is 1. The first kappa shape index (κ1) is 24.0. The van der Waals surface area contributed by atoms with Crippen molar-refractivity contribution in [3.05, 3.63) is 101 Å². The van der Waals surface area contributed by atoms with E-state index in [1.807, 2.05) is 0 Å². The summed E-state index contributed by atoms with van der Waals surface area (Å²) in [5.41, 5.74) is 0.720. The van der Waals surface area contributed by atoms with E-state index >= 15 is 0 Å². The minimum atomic E-state index is -0.961. The van der Waals surface area contributed by atoms with Gasteiger partial charge in [0.05, 0.1) is 6.54 Å². The van der Waals surface area contributed by atoms with Gasteiger partial charge in [-0.2, -0.15) is 0 Å². The van der Waals surface area contributed by atoms with Crippen LogP contribution in [0.3, 0.4) is 0 Å². The van der Waals surface area contributed by atoms with E-state index in [4.69, 9.17) is 9.84 Å². The summed E-state index contributed by atoms with van der Waals surface area (Å²) >= 11 is 0. The molecule has 0 radical (unpaired) electrons. The van der Waals surface area contributed by atoms with Crippen molar-refractivity contribution in [3.63, 3.8) is 0 Å². The average molecular weight is 457 g/mol. The molecule has 3 aromatic carbocycles. The SMILES string of the molecule is CN(CCC(Oc1cccc(C(=O)c2cc(F)cc(F)c2)c1)c1ccc(F)cc1)CC(=O)O. The van der Waals surface area contributed by atoms with Gasteiger partial charge in [-0.25, -0.2) is 13.2 Å². The molecule has 0 aliphatic heterocycles. The van der Waals surface area contributed by atoms with Crippen LogP contribution >= 0.6 is 0 Å². The van der Waals surface area contributed by atoms with Gasteiger partial charge in [0.1, 0.15) is 29.3 Å². The van der Waals surface area contributed by atoms with Crippen LogP contribution in [0.2, 0.25) is 0 Å². The van der Waals surface area contributed by atoms with Gasteiger partial charge in [0, 0.05) is 30.2 Å². The lowest BCUT2D eigenvalue weighted by Gasteiger charge is -2.23. The maximum atomic E-state index is 13.5. The molecule has 0 fully saturated rings. The monoisotopic (exact) mass is 457 g/mol. The van der Waals surface area contributed by atoms with Gasteiger partial charge in [0.2, 0.25) is 0 Å². The van der Waals surface area contributed by atoms with Gasteiger partial charge in [-0.3, -0.25) is 14.5 Å². The molecule has 1 atom stereocenters. The predicted molar refractivity (Wildman–Crippen MR) is 116 cm³/mol. The van der Waals surface area contributed by atoms with Crippen LogP contribution in [-0.2, 0) is 4.79 Å². The second-order valence-corrected chi connectivity index (χ2v) is 7.59. The molecule has 0 aliphatic rings. The van der Waals surface area contributed by atoms with E-state index in [1.54, 1.807) is 36.2 Å². The summed E-state index contributed by atoms with van der Waals surface area (Å²) in [4.78, 5) is 25.3. The quantitative estimate of drug-likeness (QED) is 0.441. The number of ether oxygens (including phenoxy) is 1. The zero-order valence-corrected chi connectivity index (χ0v) is 17.8. The molecule has 3 rings (SSSR count). The third-order valence-corrected chi connectivity index (χ3v) is 4.92. The summed E-state index contributed by atoms with van der Waals surface area (Å²) < 4.78 is 46.5. The fourth-order valence-corrected chi connectivity index (χ4v) is 3.35. The molecule has 0 heterocycles. The first-order chi connectivity index (χ1) is 15.7. The molecule has 1 unspecified atom stereocenters. The van der Waals surface area contributed by atoms with Crippen molar-refractivity contribution in [1.82, 2.24) is 4.90 Å². The molecule has 0 aromatic heterocycles. The highest BCUT2D eigenvalue weighted by Gasteiger charge is 2.18. The van der Waals surface area contributed by atoms with Crippen LogP contribution in [-0.4, -0.2) is 41.9 Å². The number of aliphatic carboxylic acids is 1. The van der Waals surface area contributed by atoms with Crippen LogP contribution in [0.25, 0.3) is 0 Å². The molecular formula is C25H22F3NO4. The zero-order chi connectivity index (χ0) is 24.0. The molecule has 5 nitrogen and oxygen atoms in total. The average Bonchev–Trinajstić information content (AvgIpc) is 2.76. The highest BCUT2D eigenvalue weighted by Crippen LogP contribution is 2.27. The molecule has 0 aliphatic carbocycles. The molecule has 172 valence electrons. The third-order valence-electron chi connectivity index (χ3n) is 4.92. The van der Waals surface area contributed by atoms with Gasteiger partial charge < -0.3 is 9.84 Å². The van der Waals surface area contributed by atoms with Gasteiger partial charge in [0.25, 0.3) is 0 Å². The summed E-state index contributed by atoms with van der Waals surface area (Å²) in [5.74, 6) is -3.32. The standard InChI is InChI=1S/C25H22F3NO4/c1-29(15-24(30)31)10-9-23(16-5-7-19(26)8-6-16)33-22-4-2-3-17(13-22)25(32)18-11-20(27)14-21(28)12-18/h2-8,11-14,23H,9-10,15H2,1H3,(H,30,31). The summed E-state index contributed by atoms with van der Waals surface area (Å²) in [6.45, 7) is 0.236. The number of carbonyl (C=O) groups excluding carboxylic acids is 1. The lowest BCUT2D eigenvalue weighted by molar-refractivity contribution is -0.138. The molecular weight excluding hydrogens is 435 g/mol. The third kappa shape index (κ3) is 6.92. The van der Waals surface area contributed by atoms with Gasteiger partial charge in [-0.1, -0.05) is 24.3 Å². The highest BCUT2D eigenvalue weighted by atomic mass is 19.1. The second kappa shape index (κ2) is 10.8. The van der Waals surface area contributed by atoms with Gasteiger partial charge in [-0.15, -0.1) is 0 Å². The lowest BCUT2D eigenvalue weighted by Crippen LogP contribution is -2.28. The number of ketones is 1. The van der Waals surface area contributed by atoms with Crippen LogP contribution < -0.4 is 4.74 Å². The second-order valence-electron chi connectivity index (χ2n) is 7.59. The van der Waals surface area contributed by atoms with E-state index in [0.717, 1.165) is 12.1 Å². The Morgan fingerprint density at radius 1 is 0.909 bits per heavy atom. The van der Waals surface area contributed by atoms with Crippen molar-refractivity contribution in [3.8, 4) is 5.75 Å². The maximum Gasteiger partial charge on any atom is 0.317 e. The number of nitrogens with zero attached hydrogens (tertiary/aromatic N) is 1. The molecule has 33 heavy (non-hydrogen) atoms. The Labute approximate surface area is 189 Å². The summed E-state index contributed by atoms with van der Waals surface area (Å²) in [6, 6.07) is 14.5. The number of likely N-dealkylation sites (N-methyl/N-ethyl adjacent to an activating group) is 1. The fraction of sp³-hybridized carbons (Fsp3) is 0.200. The Morgan fingerprint density at radius 2 is 1.58 bits per heavy atom. The fourth-order valence-electron chi connectivity index (χ4n) is 3.35. The molecule has 0 spiro atoms. The maximum absolute atomic E-state index is 13.5. The Balaban J connectivity index is 1.82. The molecule has 3 aromatic rings. The van der Waals surface area contributed by atoms with E-state index in [1.165, 1.54) is 24.3 Å². The predicted octanol–water partition coefficient (Wildman–Crippen LogP) is 4.86.